The quantitative estimate of drug-likeness (QED) is 0.603. The highest BCUT2D eigenvalue weighted by Gasteiger charge is 2.34. The molecule has 1 aliphatic rings. The minimum atomic E-state index is -0.611. The smallest absolute Gasteiger partial charge is 0.240 e. The number of pyridine rings is 1. The second-order valence-electron chi connectivity index (χ2n) is 7.22. The molecule has 1 fully saturated rings. The first-order chi connectivity index (χ1) is 13.0. The molecule has 1 aromatic heterocycles. The van der Waals surface area contributed by atoms with Crippen LogP contribution in [0.4, 0.5) is 5.82 Å². The standard InChI is InChI=1S/C22H26N2O3/c1-15(2)21(16-11-12-18(25)19(26)14-16)22(27)24(17-8-4-3-5-9-17)20-10-6-7-13-23-20/h6-7,10-14,17,21,25-26H,1,3-5,8-9H2,2H3. The third kappa shape index (κ3) is 4.13. The number of aromatic hydroxyl groups is 2. The fraction of sp³-hybridized carbons (Fsp3) is 0.364. The van der Waals surface area contributed by atoms with Gasteiger partial charge in [-0.1, -0.05) is 43.5 Å². The van der Waals surface area contributed by atoms with E-state index in [2.05, 4.69) is 11.6 Å². The van der Waals surface area contributed by atoms with Crippen LogP contribution in [0, 0.1) is 0 Å². The molecule has 0 spiro atoms. The summed E-state index contributed by atoms with van der Waals surface area (Å²) in [5.74, 6) is -0.517. The van der Waals surface area contributed by atoms with E-state index in [4.69, 9.17) is 0 Å². The van der Waals surface area contributed by atoms with E-state index in [-0.39, 0.29) is 23.4 Å². The lowest BCUT2D eigenvalue weighted by atomic mass is 9.88. The monoisotopic (exact) mass is 366 g/mol. The maximum atomic E-state index is 13.7. The number of rotatable bonds is 5. The number of anilines is 1. The molecule has 5 heteroatoms. The summed E-state index contributed by atoms with van der Waals surface area (Å²) in [7, 11) is 0. The number of amides is 1. The lowest BCUT2D eigenvalue weighted by Crippen LogP contribution is -2.44. The lowest BCUT2D eigenvalue weighted by Gasteiger charge is -2.36. The molecule has 1 heterocycles. The fourth-order valence-corrected chi connectivity index (χ4v) is 3.81. The molecule has 2 N–H and O–H groups in total. The van der Waals surface area contributed by atoms with Crippen LogP contribution in [-0.4, -0.2) is 27.1 Å². The zero-order valence-corrected chi connectivity index (χ0v) is 15.6. The molecule has 0 bridgehead atoms. The second kappa shape index (κ2) is 8.25. The molecule has 1 amide bonds. The molecule has 0 saturated heterocycles. The SMILES string of the molecule is C=C(C)C(C(=O)N(c1ccccn1)C1CCCCC1)c1ccc(O)c(O)c1. The van der Waals surface area contributed by atoms with Crippen LogP contribution < -0.4 is 4.90 Å². The number of carbonyl (C=O) groups excluding carboxylic acids is 1. The first kappa shape index (κ1) is 19.0. The Labute approximate surface area is 160 Å². The van der Waals surface area contributed by atoms with Crippen LogP contribution in [-0.2, 0) is 4.79 Å². The van der Waals surface area contributed by atoms with Crippen LogP contribution >= 0.6 is 0 Å². The van der Waals surface area contributed by atoms with Crippen LogP contribution in [0.1, 0.15) is 50.5 Å². The number of phenols is 2. The third-order valence-corrected chi connectivity index (χ3v) is 5.15. The van der Waals surface area contributed by atoms with Crippen molar-refractivity contribution in [3.05, 3.63) is 60.3 Å². The zero-order chi connectivity index (χ0) is 19.4. The van der Waals surface area contributed by atoms with Gasteiger partial charge in [-0.3, -0.25) is 9.69 Å². The number of phenolic OH excluding ortho intramolecular Hbond substituents is 2. The number of carbonyl (C=O) groups is 1. The van der Waals surface area contributed by atoms with Gasteiger partial charge in [0.05, 0.1) is 5.92 Å². The summed E-state index contributed by atoms with van der Waals surface area (Å²) >= 11 is 0. The van der Waals surface area contributed by atoms with E-state index in [1.165, 1.54) is 18.6 Å². The van der Waals surface area contributed by atoms with Gasteiger partial charge in [0.15, 0.2) is 11.5 Å². The average Bonchev–Trinajstić information content (AvgIpc) is 2.66. The molecule has 1 aromatic carbocycles. The predicted octanol–water partition coefficient (Wildman–Crippen LogP) is 4.52. The summed E-state index contributed by atoms with van der Waals surface area (Å²) in [6.07, 6.45) is 6.98. The number of nitrogens with zero attached hydrogens (tertiary/aromatic N) is 2. The van der Waals surface area contributed by atoms with Gasteiger partial charge in [-0.25, -0.2) is 4.98 Å². The first-order valence-electron chi connectivity index (χ1n) is 9.40. The van der Waals surface area contributed by atoms with Crippen LogP contribution in [0.15, 0.2) is 54.7 Å². The molecule has 1 unspecified atom stereocenters. The van der Waals surface area contributed by atoms with Crippen molar-refractivity contribution in [1.29, 1.82) is 0 Å². The molecule has 5 nitrogen and oxygen atoms in total. The Hall–Kier alpha value is -2.82. The van der Waals surface area contributed by atoms with E-state index in [1.807, 2.05) is 30.0 Å². The summed E-state index contributed by atoms with van der Waals surface area (Å²) in [6, 6.07) is 10.2. The fourth-order valence-electron chi connectivity index (χ4n) is 3.81. The molecular formula is C22H26N2O3. The molecule has 0 aliphatic heterocycles. The first-order valence-corrected chi connectivity index (χ1v) is 9.40. The van der Waals surface area contributed by atoms with Gasteiger partial charge in [0.25, 0.3) is 0 Å². The Morgan fingerprint density at radius 2 is 1.89 bits per heavy atom. The van der Waals surface area contributed by atoms with Crippen molar-refractivity contribution in [2.75, 3.05) is 4.90 Å². The predicted molar refractivity (Wildman–Crippen MR) is 106 cm³/mol. The lowest BCUT2D eigenvalue weighted by molar-refractivity contribution is -0.120. The topological polar surface area (TPSA) is 73.7 Å². The van der Waals surface area contributed by atoms with Crippen molar-refractivity contribution in [1.82, 2.24) is 4.98 Å². The van der Waals surface area contributed by atoms with Gasteiger partial charge in [0.1, 0.15) is 5.82 Å². The van der Waals surface area contributed by atoms with Crippen LogP contribution in [0.25, 0.3) is 0 Å². The van der Waals surface area contributed by atoms with E-state index < -0.39 is 5.92 Å². The highest BCUT2D eigenvalue weighted by Crippen LogP contribution is 2.35. The van der Waals surface area contributed by atoms with Gasteiger partial charge in [-0.15, -0.1) is 0 Å². The van der Waals surface area contributed by atoms with E-state index in [0.717, 1.165) is 25.7 Å². The number of benzene rings is 1. The molecule has 142 valence electrons. The Bertz CT molecular complexity index is 814. The second-order valence-corrected chi connectivity index (χ2v) is 7.22. The maximum Gasteiger partial charge on any atom is 0.240 e. The van der Waals surface area contributed by atoms with E-state index in [0.29, 0.717) is 17.0 Å². The molecule has 1 atom stereocenters. The van der Waals surface area contributed by atoms with Crippen LogP contribution in [0.2, 0.25) is 0 Å². The average molecular weight is 366 g/mol. The summed E-state index contributed by atoms with van der Waals surface area (Å²) in [5, 5.41) is 19.5. The Morgan fingerprint density at radius 1 is 1.15 bits per heavy atom. The Kier molecular flexibility index (Phi) is 5.79. The van der Waals surface area contributed by atoms with Crippen molar-refractivity contribution in [2.24, 2.45) is 0 Å². The summed E-state index contributed by atoms with van der Waals surface area (Å²) in [6.45, 7) is 5.82. The number of hydrogen-bond acceptors (Lipinski definition) is 4. The maximum absolute atomic E-state index is 13.7. The molecule has 0 radical (unpaired) electrons. The molecule has 3 rings (SSSR count). The van der Waals surface area contributed by atoms with Crippen molar-refractivity contribution >= 4 is 11.7 Å². The van der Waals surface area contributed by atoms with Gasteiger partial charge in [0.2, 0.25) is 5.91 Å². The van der Waals surface area contributed by atoms with E-state index in [9.17, 15) is 15.0 Å². The van der Waals surface area contributed by atoms with Crippen molar-refractivity contribution in [3.63, 3.8) is 0 Å². The Morgan fingerprint density at radius 3 is 2.48 bits per heavy atom. The zero-order valence-electron chi connectivity index (χ0n) is 15.6. The molecular weight excluding hydrogens is 340 g/mol. The normalized spacial score (nSPS) is 15.9. The third-order valence-electron chi connectivity index (χ3n) is 5.15. The minimum absolute atomic E-state index is 0.0989. The molecule has 27 heavy (non-hydrogen) atoms. The summed E-state index contributed by atoms with van der Waals surface area (Å²) < 4.78 is 0. The van der Waals surface area contributed by atoms with E-state index in [1.54, 1.807) is 12.3 Å². The van der Waals surface area contributed by atoms with Gasteiger partial charge in [-0.05, 0) is 49.6 Å². The number of aromatic nitrogens is 1. The highest BCUT2D eigenvalue weighted by atomic mass is 16.3. The van der Waals surface area contributed by atoms with Gasteiger partial charge in [0, 0.05) is 12.2 Å². The van der Waals surface area contributed by atoms with Crippen molar-refractivity contribution in [2.45, 2.75) is 51.0 Å². The van der Waals surface area contributed by atoms with Crippen LogP contribution in [0.5, 0.6) is 11.5 Å². The molecule has 1 saturated carbocycles. The molecule has 2 aromatic rings. The van der Waals surface area contributed by atoms with Gasteiger partial charge < -0.3 is 10.2 Å². The highest BCUT2D eigenvalue weighted by molar-refractivity contribution is 6.00. The van der Waals surface area contributed by atoms with E-state index >= 15 is 0 Å². The van der Waals surface area contributed by atoms with Crippen molar-refractivity contribution in [3.8, 4) is 11.5 Å². The summed E-state index contributed by atoms with van der Waals surface area (Å²) in [5.41, 5.74) is 1.29. The Balaban J connectivity index is 2.01. The number of hydrogen-bond donors (Lipinski definition) is 2. The van der Waals surface area contributed by atoms with Gasteiger partial charge in [-0.2, -0.15) is 0 Å². The molecule has 1 aliphatic carbocycles. The summed E-state index contributed by atoms with van der Waals surface area (Å²) in [4.78, 5) is 19.9. The van der Waals surface area contributed by atoms with Gasteiger partial charge >= 0.3 is 0 Å². The van der Waals surface area contributed by atoms with Crippen molar-refractivity contribution < 1.29 is 15.0 Å². The van der Waals surface area contributed by atoms with Crippen LogP contribution in [0.3, 0.4) is 0 Å². The minimum Gasteiger partial charge on any atom is -0.504 e. The largest absolute Gasteiger partial charge is 0.504 e.